The van der Waals surface area contributed by atoms with Crippen LogP contribution in [0.4, 0.5) is 0 Å². The zero-order valence-electron chi connectivity index (χ0n) is 31.7. The summed E-state index contributed by atoms with van der Waals surface area (Å²) in [5.74, 6) is 1.70. The Labute approximate surface area is 316 Å². The molecule has 2 aliphatic rings. The molecule has 0 aliphatic carbocycles. The van der Waals surface area contributed by atoms with Gasteiger partial charge in [0, 0.05) is 27.4 Å². The molecule has 5 heteroatoms. The van der Waals surface area contributed by atoms with E-state index in [1.165, 1.54) is 60.5 Å². The third-order valence-corrected chi connectivity index (χ3v) is 14.1. The van der Waals surface area contributed by atoms with Crippen molar-refractivity contribution in [1.82, 2.24) is 4.57 Å². The molecule has 4 nitrogen and oxygen atoms in total. The summed E-state index contributed by atoms with van der Waals surface area (Å²) in [4.78, 5) is 0. The van der Waals surface area contributed by atoms with Gasteiger partial charge in [0.2, 0.25) is 5.69 Å². The zero-order chi connectivity index (χ0) is 36.7. The molecule has 1 atom stereocenters. The molecule has 0 saturated carbocycles. The number of nitrogens with zero attached hydrogens (tertiary/aromatic N) is 3. The van der Waals surface area contributed by atoms with Crippen LogP contribution in [0.3, 0.4) is 0 Å². The second-order valence-electron chi connectivity index (χ2n) is 17.0. The molecule has 6 aromatic carbocycles. The van der Waals surface area contributed by atoms with Crippen LogP contribution in [0.25, 0.3) is 72.1 Å². The first-order chi connectivity index (χ1) is 26.2. The molecule has 11 rings (SSSR count). The van der Waals surface area contributed by atoms with Crippen molar-refractivity contribution in [3.8, 4) is 28.3 Å². The molecular weight excluding hydrogens is 675 g/mol. The molecule has 2 aliphatic heterocycles. The molecule has 54 heavy (non-hydrogen) atoms. The maximum atomic E-state index is 7.04. The van der Waals surface area contributed by atoms with Gasteiger partial charge < -0.3 is 4.42 Å². The smallest absolute Gasteiger partial charge is 0.364 e. The summed E-state index contributed by atoms with van der Waals surface area (Å²) < 4.78 is 14.9. The van der Waals surface area contributed by atoms with Crippen molar-refractivity contribution in [3.63, 3.8) is 0 Å². The Morgan fingerprint density at radius 3 is 2.31 bits per heavy atom. The van der Waals surface area contributed by atoms with Crippen molar-refractivity contribution in [2.75, 3.05) is 0 Å². The number of rotatable bonds is 4. The summed E-state index contributed by atoms with van der Waals surface area (Å²) in [6, 6.07) is 47.4. The van der Waals surface area contributed by atoms with Crippen LogP contribution in [0.2, 0.25) is 19.6 Å². The van der Waals surface area contributed by atoms with Gasteiger partial charge in [-0.25, -0.2) is 0 Å². The fourth-order valence-corrected chi connectivity index (χ4v) is 11.6. The van der Waals surface area contributed by atoms with Crippen LogP contribution in [0, 0.1) is 12.8 Å². The minimum atomic E-state index is -1.80. The average molecular weight is 718 g/mol. The van der Waals surface area contributed by atoms with E-state index in [1.807, 2.05) is 0 Å². The van der Waals surface area contributed by atoms with E-state index in [-0.39, 0.29) is 0 Å². The fraction of sp³-hybridized carbons (Fsp3) is 0.184. The van der Waals surface area contributed by atoms with Gasteiger partial charge in [0.05, 0.1) is 24.8 Å². The largest absolute Gasteiger partial charge is 0.455 e. The number of aromatic nitrogens is 3. The Morgan fingerprint density at radius 2 is 1.48 bits per heavy atom. The summed E-state index contributed by atoms with van der Waals surface area (Å²) in [7, 11) is -1.80. The normalized spacial score (nSPS) is 15.9. The first-order valence-corrected chi connectivity index (χ1v) is 22.9. The summed E-state index contributed by atoms with van der Waals surface area (Å²) in [5, 5.41) is 6.26. The second kappa shape index (κ2) is 10.9. The van der Waals surface area contributed by atoms with Gasteiger partial charge in [-0.3, -0.25) is 0 Å². The minimum absolute atomic E-state index is 0.559. The van der Waals surface area contributed by atoms with Crippen molar-refractivity contribution in [2.45, 2.75) is 52.5 Å². The first-order valence-electron chi connectivity index (χ1n) is 19.4. The average Bonchev–Trinajstić information content (AvgIpc) is 3.86. The molecule has 9 aromatic rings. The molecular formula is C49H43N3OSi+2. The monoisotopic (exact) mass is 717 g/mol. The van der Waals surface area contributed by atoms with Gasteiger partial charge in [0.25, 0.3) is 0 Å². The van der Waals surface area contributed by atoms with E-state index < -0.39 is 13.7 Å². The van der Waals surface area contributed by atoms with Gasteiger partial charge in [-0.05, 0) is 78.7 Å². The number of para-hydroxylation sites is 3. The van der Waals surface area contributed by atoms with Gasteiger partial charge in [-0.1, -0.05) is 112 Å². The van der Waals surface area contributed by atoms with Gasteiger partial charge in [-0.2, -0.15) is 4.57 Å². The van der Waals surface area contributed by atoms with E-state index in [9.17, 15) is 0 Å². The van der Waals surface area contributed by atoms with Crippen LogP contribution < -0.4 is 14.3 Å². The highest BCUT2D eigenvalue weighted by molar-refractivity contribution is 6.89. The maximum absolute atomic E-state index is 7.04. The lowest BCUT2D eigenvalue weighted by molar-refractivity contribution is -0.944. The van der Waals surface area contributed by atoms with Gasteiger partial charge >= 0.3 is 11.5 Å². The Kier molecular flexibility index (Phi) is 6.40. The van der Waals surface area contributed by atoms with Crippen molar-refractivity contribution >= 4 is 57.0 Å². The van der Waals surface area contributed by atoms with Crippen molar-refractivity contribution in [3.05, 3.63) is 156 Å². The number of hydrogen-bond donors (Lipinski definition) is 0. The van der Waals surface area contributed by atoms with E-state index in [1.54, 1.807) is 0 Å². The van der Waals surface area contributed by atoms with Crippen molar-refractivity contribution in [2.24, 2.45) is 5.92 Å². The lowest BCUT2D eigenvalue weighted by atomic mass is 9.88. The summed E-state index contributed by atoms with van der Waals surface area (Å²) in [6.07, 6.45) is 3.64. The second-order valence-corrected chi connectivity index (χ2v) is 22.0. The van der Waals surface area contributed by atoms with Crippen molar-refractivity contribution in [1.29, 1.82) is 0 Å². The molecule has 0 bridgehead atoms. The van der Waals surface area contributed by atoms with Crippen LogP contribution in [0.15, 0.2) is 138 Å². The lowest BCUT2D eigenvalue weighted by Crippen LogP contribution is -2.72. The molecule has 262 valence electrons. The van der Waals surface area contributed by atoms with E-state index in [2.05, 4.69) is 188 Å². The van der Waals surface area contributed by atoms with Crippen LogP contribution in [-0.2, 0) is 12.1 Å². The standard InChI is InChI=1S/C49H43N3OSi/c1-30(2)26-33-28-43-37-27-31(3)22-24-38(37)49(50(43)29-45(33)54(4,5)6)39-25-23-36-35-17-9-12-21-44(35)53-47(36)46(39)48-51(41-18-10-11-19-42(41)52(48)49)40-20-13-15-32-14-7-8-16-34(32)40/h7-25,27-30H,26H2,1-6H3/q+2. The number of imidazole rings is 1. The Morgan fingerprint density at radius 1 is 0.741 bits per heavy atom. The number of hydrogen-bond acceptors (Lipinski definition) is 1. The molecule has 3 aromatic heterocycles. The third-order valence-electron chi connectivity index (χ3n) is 12.1. The Balaban J connectivity index is 1.40. The molecule has 0 amide bonds. The fourth-order valence-electron chi connectivity index (χ4n) is 9.95. The predicted molar refractivity (Wildman–Crippen MR) is 224 cm³/mol. The molecule has 0 radical (unpaired) electrons. The highest BCUT2D eigenvalue weighted by Gasteiger charge is 2.67. The summed E-state index contributed by atoms with van der Waals surface area (Å²) in [5.41, 5.74) is 13.7. The molecule has 0 N–H and O–H groups in total. The van der Waals surface area contributed by atoms with Gasteiger partial charge in [0.1, 0.15) is 16.8 Å². The Bertz CT molecular complexity index is 3060. The van der Waals surface area contributed by atoms with Crippen LogP contribution in [-0.4, -0.2) is 12.6 Å². The molecule has 1 spiro atoms. The SMILES string of the molecule is Cc1ccc2c(c1)-c1cc(CC(C)C)c([Si](C)(C)C)c[n+]1C21c2ccc3c(oc4ccccc43)c2-c2n(-c3cccc4ccccc34)c3ccccc3[n+]21. The topological polar surface area (TPSA) is 25.8 Å². The number of furan rings is 1. The number of benzene rings is 6. The van der Waals surface area contributed by atoms with E-state index >= 15 is 0 Å². The summed E-state index contributed by atoms with van der Waals surface area (Å²) >= 11 is 0. The van der Waals surface area contributed by atoms with Crippen LogP contribution in [0.1, 0.15) is 36.1 Å². The first kappa shape index (κ1) is 31.7. The third kappa shape index (κ3) is 4.03. The molecule has 0 fully saturated rings. The maximum Gasteiger partial charge on any atom is 0.364 e. The van der Waals surface area contributed by atoms with E-state index in [0.717, 1.165) is 45.4 Å². The Hall–Kier alpha value is -5.78. The highest BCUT2D eigenvalue weighted by atomic mass is 28.3. The lowest BCUT2D eigenvalue weighted by Gasteiger charge is -2.24. The molecule has 1 unspecified atom stereocenters. The highest BCUT2D eigenvalue weighted by Crippen LogP contribution is 2.52. The van der Waals surface area contributed by atoms with Crippen molar-refractivity contribution < 1.29 is 13.6 Å². The molecule has 0 saturated heterocycles. The van der Waals surface area contributed by atoms with Crippen LogP contribution >= 0.6 is 0 Å². The predicted octanol–water partition coefficient (Wildman–Crippen LogP) is 10.6. The van der Waals surface area contributed by atoms with E-state index in [0.29, 0.717) is 5.92 Å². The van der Waals surface area contributed by atoms with E-state index in [4.69, 9.17) is 4.42 Å². The quantitative estimate of drug-likeness (QED) is 0.131. The molecule has 5 heterocycles. The van der Waals surface area contributed by atoms with Gasteiger partial charge in [0.15, 0.2) is 22.8 Å². The zero-order valence-corrected chi connectivity index (χ0v) is 32.7. The number of pyridine rings is 1. The van der Waals surface area contributed by atoms with Gasteiger partial charge in [-0.15, -0.1) is 9.13 Å². The summed E-state index contributed by atoms with van der Waals surface area (Å²) in [6.45, 7) is 14.4. The minimum Gasteiger partial charge on any atom is -0.455 e. The number of fused-ring (bicyclic) bond motifs is 17. The number of aryl methyl sites for hydroxylation is 1. The van der Waals surface area contributed by atoms with Crippen LogP contribution in [0.5, 0.6) is 0 Å².